The maximum absolute atomic E-state index is 5.36. The first-order chi connectivity index (χ1) is 9.76. The van der Waals surface area contributed by atoms with E-state index >= 15 is 0 Å². The van der Waals surface area contributed by atoms with Gasteiger partial charge in [0.1, 0.15) is 0 Å². The molecule has 0 amide bonds. The lowest BCUT2D eigenvalue weighted by Gasteiger charge is -2.27. The summed E-state index contributed by atoms with van der Waals surface area (Å²) in [5.74, 6) is 3.57. The number of ether oxygens (including phenoxy) is 1. The largest absolute Gasteiger partial charge is 0.378 e. The van der Waals surface area contributed by atoms with Crippen LogP contribution in [0.2, 0.25) is 0 Å². The predicted molar refractivity (Wildman–Crippen MR) is 78.2 cm³/mol. The Labute approximate surface area is 119 Å². The maximum atomic E-state index is 5.36. The Bertz CT molecular complexity index is 462. The van der Waals surface area contributed by atoms with Crippen molar-refractivity contribution >= 4 is 17.8 Å². The van der Waals surface area contributed by atoms with Crippen molar-refractivity contribution in [3.05, 3.63) is 0 Å². The van der Waals surface area contributed by atoms with Gasteiger partial charge in [-0.3, -0.25) is 0 Å². The molecule has 1 aliphatic carbocycles. The van der Waals surface area contributed by atoms with E-state index < -0.39 is 0 Å². The van der Waals surface area contributed by atoms with Gasteiger partial charge in [0.25, 0.3) is 0 Å². The molecular weight excluding hydrogens is 256 g/mol. The molecule has 2 heterocycles. The number of nitrogens with one attached hydrogen (secondary N) is 2. The van der Waals surface area contributed by atoms with E-state index in [4.69, 9.17) is 4.74 Å². The second-order valence-corrected chi connectivity index (χ2v) is 5.49. The molecule has 7 nitrogen and oxygen atoms in total. The van der Waals surface area contributed by atoms with Crippen molar-refractivity contribution in [3.8, 4) is 0 Å². The number of anilines is 3. The van der Waals surface area contributed by atoms with Crippen LogP contribution in [0.25, 0.3) is 0 Å². The number of rotatable bonds is 5. The van der Waals surface area contributed by atoms with Crippen molar-refractivity contribution in [2.75, 3.05) is 55.4 Å². The Balaban J connectivity index is 1.71. The van der Waals surface area contributed by atoms with Crippen LogP contribution in [0, 0.1) is 11.8 Å². The number of hydrogen-bond acceptors (Lipinski definition) is 7. The van der Waals surface area contributed by atoms with E-state index in [-0.39, 0.29) is 0 Å². The molecule has 0 bridgehead atoms. The lowest BCUT2D eigenvalue weighted by Crippen LogP contribution is -2.37. The molecule has 1 saturated carbocycles. The molecular formula is C13H22N6O. The van der Waals surface area contributed by atoms with Gasteiger partial charge in [0.2, 0.25) is 17.8 Å². The van der Waals surface area contributed by atoms with Gasteiger partial charge >= 0.3 is 0 Å². The van der Waals surface area contributed by atoms with E-state index in [1.165, 1.54) is 6.42 Å². The summed E-state index contributed by atoms with van der Waals surface area (Å²) in [4.78, 5) is 15.5. The third-order valence-corrected chi connectivity index (χ3v) is 3.94. The normalized spacial score (nSPS) is 25.4. The Morgan fingerprint density at radius 3 is 2.55 bits per heavy atom. The van der Waals surface area contributed by atoms with Crippen LogP contribution in [-0.2, 0) is 4.74 Å². The second-order valence-electron chi connectivity index (χ2n) is 5.49. The molecule has 2 unspecified atom stereocenters. The molecule has 3 rings (SSSR count). The third-order valence-electron chi connectivity index (χ3n) is 3.94. The molecule has 2 atom stereocenters. The fourth-order valence-electron chi connectivity index (χ4n) is 2.37. The number of hydrogen-bond donors (Lipinski definition) is 2. The van der Waals surface area contributed by atoms with Crippen LogP contribution in [0.1, 0.15) is 13.3 Å². The van der Waals surface area contributed by atoms with E-state index in [0.717, 1.165) is 50.6 Å². The van der Waals surface area contributed by atoms with Crippen LogP contribution in [-0.4, -0.2) is 54.8 Å². The molecule has 0 aromatic carbocycles. The van der Waals surface area contributed by atoms with E-state index in [1.807, 2.05) is 7.05 Å². The maximum Gasteiger partial charge on any atom is 0.232 e. The van der Waals surface area contributed by atoms with Crippen LogP contribution in [0.15, 0.2) is 0 Å². The SMILES string of the molecule is CNc1nc(NCC2CC2C)nc(N2CCOCC2)n1. The van der Waals surface area contributed by atoms with Crippen LogP contribution < -0.4 is 15.5 Å². The van der Waals surface area contributed by atoms with Crippen molar-refractivity contribution in [3.63, 3.8) is 0 Å². The summed E-state index contributed by atoms with van der Waals surface area (Å²) in [6, 6.07) is 0. The lowest BCUT2D eigenvalue weighted by atomic mass is 10.3. The first kappa shape index (κ1) is 13.4. The summed E-state index contributed by atoms with van der Waals surface area (Å²) >= 11 is 0. The first-order valence-electron chi connectivity index (χ1n) is 7.26. The minimum Gasteiger partial charge on any atom is -0.378 e. The summed E-state index contributed by atoms with van der Waals surface area (Å²) in [6.07, 6.45) is 1.30. The quantitative estimate of drug-likeness (QED) is 0.825. The third kappa shape index (κ3) is 3.09. The molecule has 20 heavy (non-hydrogen) atoms. The van der Waals surface area contributed by atoms with Gasteiger partial charge in [-0.2, -0.15) is 15.0 Å². The molecule has 2 N–H and O–H groups in total. The Kier molecular flexibility index (Phi) is 3.86. The molecule has 2 aliphatic rings. The molecule has 0 spiro atoms. The van der Waals surface area contributed by atoms with E-state index in [2.05, 4.69) is 37.4 Å². The van der Waals surface area contributed by atoms with E-state index in [9.17, 15) is 0 Å². The standard InChI is InChI=1S/C13H22N6O/c1-9-7-10(9)8-15-12-16-11(14-2)17-13(18-12)19-3-5-20-6-4-19/h9-10H,3-8H2,1-2H3,(H2,14,15,16,17,18). The average molecular weight is 278 g/mol. The number of nitrogens with zero attached hydrogens (tertiary/aromatic N) is 4. The molecule has 7 heteroatoms. The molecule has 1 aliphatic heterocycles. The van der Waals surface area contributed by atoms with E-state index in [0.29, 0.717) is 11.9 Å². The summed E-state index contributed by atoms with van der Waals surface area (Å²) in [5.41, 5.74) is 0. The average Bonchev–Trinajstić information content (AvgIpc) is 3.21. The lowest BCUT2D eigenvalue weighted by molar-refractivity contribution is 0.122. The molecule has 1 aromatic rings. The van der Waals surface area contributed by atoms with Gasteiger partial charge in [-0.15, -0.1) is 0 Å². The van der Waals surface area contributed by atoms with Gasteiger partial charge in [0.15, 0.2) is 0 Å². The Hall–Kier alpha value is -1.63. The van der Waals surface area contributed by atoms with Crippen LogP contribution in [0.5, 0.6) is 0 Å². The van der Waals surface area contributed by atoms with Crippen molar-refractivity contribution in [2.45, 2.75) is 13.3 Å². The number of morpholine rings is 1. The van der Waals surface area contributed by atoms with Gasteiger partial charge in [0, 0.05) is 26.7 Å². The smallest absolute Gasteiger partial charge is 0.232 e. The predicted octanol–water partition coefficient (Wildman–Crippen LogP) is 0.818. The van der Waals surface area contributed by atoms with Crippen LogP contribution >= 0.6 is 0 Å². The fourth-order valence-corrected chi connectivity index (χ4v) is 2.37. The van der Waals surface area contributed by atoms with E-state index in [1.54, 1.807) is 0 Å². The van der Waals surface area contributed by atoms with Crippen LogP contribution in [0.3, 0.4) is 0 Å². The van der Waals surface area contributed by atoms with Gasteiger partial charge < -0.3 is 20.3 Å². The van der Waals surface area contributed by atoms with Gasteiger partial charge in [-0.1, -0.05) is 6.92 Å². The first-order valence-corrected chi connectivity index (χ1v) is 7.26. The summed E-state index contributed by atoms with van der Waals surface area (Å²) in [7, 11) is 1.82. The highest BCUT2D eigenvalue weighted by Gasteiger charge is 2.32. The Morgan fingerprint density at radius 1 is 1.20 bits per heavy atom. The molecule has 0 radical (unpaired) electrons. The van der Waals surface area contributed by atoms with Gasteiger partial charge in [0.05, 0.1) is 13.2 Å². The molecule has 110 valence electrons. The molecule has 1 saturated heterocycles. The van der Waals surface area contributed by atoms with Crippen molar-refractivity contribution in [2.24, 2.45) is 11.8 Å². The minimum absolute atomic E-state index is 0.604. The minimum atomic E-state index is 0.604. The summed E-state index contributed by atoms with van der Waals surface area (Å²) in [6.45, 7) is 6.32. The van der Waals surface area contributed by atoms with Crippen molar-refractivity contribution in [1.29, 1.82) is 0 Å². The monoisotopic (exact) mass is 278 g/mol. The van der Waals surface area contributed by atoms with Gasteiger partial charge in [-0.05, 0) is 18.3 Å². The second kappa shape index (κ2) is 5.78. The molecule has 1 aromatic heterocycles. The highest BCUT2D eigenvalue weighted by atomic mass is 16.5. The summed E-state index contributed by atoms with van der Waals surface area (Å²) < 4.78 is 5.36. The fraction of sp³-hybridized carbons (Fsp3) is 0.769. The Morgan fingerprint density at radius 2 is 1.90 bits per heavy atom. The summed E-state index contributed by atoms with van der Waals surface area (Å²) in [5, 5.41) is 6.33. The zero-order valence-electron chi connectivity index (χ0n) is 12.1. The molecule has 2 fully saturated rings. The zero-order valence-corrected chi connectivity index (χ0v) is 12.1. The van der Waals surface area contributed by atoms with Crippen LogP contribution in [0.4, 0.5) is 17.8 Å². The highest BCUT2D eigenvalue weighted by molar-refractivity contribution is 5.43. The van der Waals surface area contributed by atoms with Gasteiger partial charge in [-0.25, -0.2) is 0 Å². The highest BCUT2D eigenvalue weighted by Crippen LogP contribution is 2.37. The number of aromatic nitrogens is 3. The van der Waals surface area contributed by atoms with Crippen molar-refractivity contribution in [1.82, 2.24) is 15.0 Å². The topological polar surface area (TPSA) is 75.2 Å². The van der Waals surface area contributed by atoms with Crippen molar-refractivity contribution < 1.29 is 4.74 Å². The zero-order chi connectivity index (χ0) is 13.9.